The topological polar surface area (TPSA) is 76.0 Å². The minimum absolute atomic E-state index is 0.00691. The third kappa shape index (κ3) is 3.09. The highest BCUT2D eigenvalue weighted by atomic mass is 16.2. The maximum absolute atomic E-state index is 12.2. The first kappa shape index (κ1) is 14.1. The second-order valence-corrected chi connectivity index (χ2v) is 5.98. The third-order valence-corrected chi connectivity index (χ3v) is 4.28. The fourth-order valence-electron chi connectivity index (χ4n) is 2.83. The normalized spacial score (nSPS) is 20.7. The number of aromatic nitrogens is 2. The molecule has 0 radical (unpaired) electrons. The molecule has 114 valence electrons. The summed E-state index contributed by atoms with van der Waals surface area (Å²) in [4.78, 5) is 28.3. The fraction of sp³-hybridized carbons (Fsp3) is 0.667. The van der Waals surface area contributed by atoms with Gasteiger partial charge in [-0.3, -0.25) is 9.59 Å². The smallest absolute Gasteiger partial charge is 0.271 e. The van der Waals surface area contributed by atoms with E-state index in [2.05, 4.69) is 15.6 Å². The van der Waals surface area contributed by atoms with Crippen LogP contribution in [0.4, 0.5) is 0 Å². The predicted molar refractivity (Wildman–Crippen MR) is 77.8 cm³/mol. The second-order valence-electron chi connectivity index (χ2n) is 5.98. The van der Waals surface area contributed by atoms with E-state index in [9.17, 15) is 9.59 Å². The Morgan fingerprint density at radius 1 is 1.33 bits per heavy atom. The maximum Gasteiger partial charge on any atom is 0.271 e. The minimum Gasteiger partial charge on any atom is -0.356 e. The Balaban J connectivity index is 1.62. The monoisotopic (exact) mass is 290 g/mol. The zero-order valence-electron chi connectivity index (χ0n) is 12.4. The van der Waals surface area contributed by atoms with Gasteiger partial charge in [-0.15, -0.1) is 0 Å². The van der Waals surface area contributed by atoms with Crippen LogP contribution in [-0.2, 0) is 17.8 Å². The molecule has 2 amide bonds. The van der Waals surface area contributed by atoms with Crippen LogP contribution < -0.4 is 10.6 Å². The van der Waals surface area contributed by atoms with Gasteiger partial charge in [0.05, 0.1) is 17.9 Å². The number of amides is 2. The number of hydrogen-bond acceptors (Lipinski definition) is 3. The summed E-state index contributed by atoms with van der Waals surface area (Å²) in [6.45, 7) is 3.92. The predicted octanol–water partition coefficient (Wildman–Crippen LogP) is 0.721. The summed E-state index contributed by atoms with van der Waals surface area (Å²) in [5.41, 5.74) is 1.46. The average Bonchev–Trinajstić information content (AvgIpc) is 3.22. The Bertz CT molecular complexity index is 548. The molecule has 1 fully saturated rings. The molecule has 1 unspecified atom stereocenters. The van der Waals surface area contributed by atoms with Crippen LogP contribution in [0.1, 0.15) is 42.4 Å². The van der Waals surface area contributed by atoms with Gasteiger partial charge in [0.1, 0.15) is 5.69 Å². The van der Waals surface area contributed by atoms with Gasteiger partial charge >= 0.3 is 0 Å². The fourth-order valence-corrected chi connectivity index (χ4v) is 2.83. The molecule has 1 aromatic rings. The minimum atomic E-state index is -0.122. The van der Waals surface area contributed by atoms with Crippen molar-refractivity contribution >= 4 is 11.8 Å². The van der Waals surface area contributed by atoms with E-state index in [0.29, 0.717) is 24.7 Å². The summed E-state index contributed by atoms with van der Waals surface area (Å²) in [6.07, 6.45) is 5.68. The molecule has 2 N–H and O–H groups in total. The van der Waals surface area contributed by atoms with E-state index in [1.807, 2.05) is 11.5 Å². The molecule has 2 aliphatic rings. The maximum atomic E-state index is 12.2. The van der Waals surface area contributed by atoms with Gasteiger partial charge in [-0.2, -0.15) is 0 Å². The SMILES string of the molecule is CCNC(=O)c1ncn2c1CCC(C(=O)NCC1CC1)C2. The summed E-state index contributed by atoms with van der Waals surface area (Å²) < 4.78 is 1.95. The summed E-state index contributed by atoms with van der Waals surface area (Å²) >= 11 is 0. The van der Waals surface area contributed by atoms with Crippen LogP contribution in [0.25, 0.3) is 0 Å². The highest BCUT2D eigenvalue weighted by molar-refractivity contribution is 5.93. The summed E-state index contributed by atoms with van der Waals surface area (Å²) in [7, 11) is 0. The Kier molecular flexibility index (Phi) is 3.94. The lowest BCUT2D eigenvalue weighted by atomic mass is 9.96. The van der Waals surface area contributed by atoms with Crippen molar-refractivity contribution in [2.45, 2.75) is 39.2 Å². The van der Waals surface area contributed by atoms with Crippen LogP contribution in [0.2, 0.25) is 0 Å². The zero-order valence-corrected chi connectivity index (χ0v) is 12.4. The average molecular weight is 290 g/mol. The van der Waals surface area contributed by atoms with Crippen LogP contribution in [0.15, 0.2) is 6.33 Å². The Morgan fingerprint density at radius 2 is 2.14 bits per heavy atom. The quantitative estimate of drug-likeness (QED) is 0.839. The number of nitrogens with one attached hydrogen (secondary N) is 2. The first-order valence-corrected chi connectivity index (χ1v) is 7.79. The highest BCUT2D eigenvalue weighted by Crippen LogP contribution is 2.28. The summed E-state index contributed by atoms with van der Waals surface area (Å²) in [6, 6.07) is 0. The molecule has 3 rings (SSSR count). The van der Waals surface area contributed by atoms with Gasteiger partial charge in [-0.05, 0) is 38.5 Å². The number of hydrogen-bond donors (Lipinski definition) is 2. The molecule has 0 spiro atoms. The standard InChI is InChI=1S/C15H22N4O2/c1-2-16-15(21)13-12-6-5-11(8-19(12)9-18-13)14(20)17-7-10-3-4-10/h9-11H,2-8H2,1H3,(H,16,21)(H,17,20). The van der Waals surface area contributed by atoms with Crippen LogP contribution >= 0.6 is 0 Å². The number of carbonyl (C=O) groups excluding carboxylic acids is 2. The molecule has 6 nitrogen and oxygen atoms in total. The van der Waals surface area contributed by atoms with Crippen molar-refractivity contribution in [1.82, 2.24) is 20.2 Å². The third-order valence-electron chi connectivity index (χ3n) is 4.28. The van der Waals surface area contributed by atoms with E-state index in [-0.39, 0.29) is 17.7 Å². The van der Waals surface area contributed by atoms with Gasteiger partial charge in [-0.25, -0.2) is 4.98 Å². The van der Waals surface area contributed by atoms with Gasteiger partial charge < -0.3 is 15.2 Å². The van der Waals surface area contributed by atoms with E-state index >= 15 is 0 Å². The van der Waals surface area contributed by atoms with Crippen molar-refractivity contribution < 1.29 is 9.59 Å². The van der Waals surface area contributed by atoms with E-state index in [0.717, 1.165) is 25.1 Å². The van der Waals surface area contributed by atoms with Gasteiger partial charge in [0.15, 0.2) is 0 Å². The van der Waals surface area contributed by atoms with Crippen LogP contribution in [0.3, 0.4) is 0 Å². The van der Waals surface area contributed by atoms with Crippen molar-refractivity contribution in [2.24, 2.45) is 11.8 Å². The van der Waals surface area contributed by atoms with E-state index in [4.69, 9.17) is 0 Å². The Morgan fingerprint density at radius 3 is 2.86 bits per heavy atom. The molecule has 0 aromatic carbocycles. The second kappa shape index (κ2) is 5.87. The molecule has 1 aliphatic heterocycles. The lowest BCUT2D eigenvalue weighted by Gasteiger charge is -2.24. The lowest BCUT2D eigenvalue weighted by Crippen LogP contribution is -2.37. The summed E-state index contributed by atoms with van der Waals surface area (Å²) in [5, 5.41) is 5.82. The molecule has 1 saturated carbocycles. The molecule has 0 saturated heterocycles. The zero-order chi connectivity index (χ0) is 14.8. The molecular formula is C15H22N4O2. The Hall–Kier alpha value is -1.85. The molecule has 1 aromatic heterocycles. The van der Waals surface area contributed by atoms with Crippen molar-refractivity contribution in [2.75, 3.05) is 13.1 Å². The highest BCUT2D eigenvalue weighted by Gasteiger charge is 2.29. The first-order valence-electron chi connectivity index (χ1n) is 7.79. The van der Waals surface area contributed by atoms with Crippen LogP contribution in [0, 0.1) is 11.8 Å². The molecule has 2 heterocycles. The van der Waals surface area contributed by atoms with Crippen molar-refractivity contribution in [3.63, 3.8) is 0 Å². The molecule has 6 heteroatoms. The van der Waals surface area contributed by atoms with Crippen molar-refractivity contribution in [3.8, 4) is 0 Å². The number of rotatable bonds is 5. The molecule has 1 aliphatic carbocycles. The Labute approximate surface area is 124 Å². The number of carbonyl (C=O) groups is 2. The molecule has 1 atom stereocenters. The van der Waals surface area contributed by atoms with Gasteiger partial charge in [0.25, 0.3) is 5.91 Å². The largest absolute Gasteiger partial charge is 0.356 e. The molecule has 0 bridgehead atoms. The van der Waals surface area contributed by atoms with Gasteiger partial charge in [0, 0.05) is 19.6 Å². The van der Waals surface area contributed by atoms with E-state index in [1.54, 1.807) is 6.33 Å². The van der Waals surface area contributed by atoms with Gasteiger partial charge in [-0.1, -0.05) is 0 Å². The van der Waals surface area contributed by atoms with Crippen molar-refractivity contribution in [3.05, 3.63) is 17.7 Å². The molecular weight excluding hydrogens is 268 g/mol. The number of nitrogens with zero attached hydrogens (tertiary/aromatic N) is 2. The first-order chi connectivity index (χ1) is 10.2. The van der Waals surface area contributed by atoms with Crippen LogP contribution in [0.5, 0.6) is 0 Å². The number of fused-ring (bicyclic) bond motifs is 1. The lowest BCUT2D eigenvalue weighted by molar-refractivity contribution is -0.126. The van der Waals surface area contributed by atoms with Crippen LogP contribution in [-0.4, -0.2) is 34.5 Å². The van der Waals surface area contributed by atoms with E-state index in [1.165, 1.54) is 12.8 Å². The summed E-state index contributed by atoms with van der Waals surface area (Å²) in [5.74, 6) is 0.710. The van der Waals surface area contributed by atoms with Gasteiger partial charge in [0.2, 0.25) is 5.91 Å². The van der Waals surface area contributed by atoms with E-state index < -0.39 is 0 Å². The van der Waals surface area contributed by atoms with Crippen molar-refractivity contribution in [1.29, 1.82) is 0 Å². The number of imidazole rings is 1. The molecule has 21 heavy (non-hydrogen) atoms.